The van der Waals surface area contributed by atoms with Gasteiger partial charge in [-0.1, -0.05) is 34.1 Å². The molecule has 96 valence electrons. The topological polar surface area (TPSA) is 66.8 Å². The minimum absolute atomic E-state index is 0.0441. The van der Waals surface area contributed by atoms with E-state index in [0.29, 0.717) is 6.54 Å². The van der Waals surface area contributed by atoms with Gasteiger partial charge in [0.25, 0.3) is 0 Å². The summed E-state index contributed by atoms with van der Waals surface area (Å²) in [4.78, 5) is 24.0. The monoisotopic (exact) mass is 313 g/mol. The molecule has 1 aliphatic rings. The summed E-state index contributed by atoms with van der Waals surface area (Å²) in [5, 5.41) is 9.02. The number of ether oxygens (including phenoxy) is 1. The number of aliphatic carboxylic acids is 1. The quantitative estimate of drug-likeness (QED) is 0.929. The second-order valence-corrected chi connectivity index (χ2v) is 5.21. The Balaban J connectivity index is 2.15. The molecule has 1 aromatic rings. The van der Waals surface area contributed by atoms with Crippen LogP contribution in [0.4, 0.5) is 4.79 Å². The van der Waals surface area contributed by atoms with Gasteiger partial charge in [-0.15, -0.1) is 0 Å². The lowest BCUT2D eigenvalue weighted by atomic mass is 10.1. The molecular weight excluding hydrogens is 302 g/mol. The van der Waals surface area contributed by atoms with Gasteiger partial charge in [0.05, 0.1) is 13.1 Å². The molecule has 1 aliphatic heterocycles. The summed E-state index contributed by atoms with van der Waals surface area (Å²) in [7, 11) is 0. The molecule has 0 bridgehead atoms. The number of hydrogen-bond donors (Lipinski definition) is 1. The zero-order chi connectivity index (χ0) is 13.3. The summed E-state index contributed by atoms with van der Waals surface area (Å²) < 4.78 is 5.78. The number of carbonyl (C=O) groups excluding carboxylic acids is 1. The molecule has 0 radical (unpaired) electrons. The molecule has 1 amide bonds. The lowest BCUT2D eigenvalue weighted by molar-refractivity contribution is -0.153. The molecule has 1 unspecified atom stereocenters. The number of hydrogen-bond acceptors (Lipinski definition) is 3. The number of carboxylic acid groups (broad SMARTS) is 1. The summed E-state index contributed by atoms with van der Waals surface area (Å²) in [6.45, 7) is 1.76. The van der Waals surface area contributed by atoms with Crippen LogP contribution in [-0.2, 0) is 16.1 Å². The minimum atomic E-state index is -1.46. The SMILES string of the molecule is CC1(C(=O)O)CN(Cc2ccccc2Br)C(=O)O1. The highest BCUT2D eigenvalue weighted by Crippen LogP contribution is 2.26. The van der Waals surface area contributed by atoms with Crippen molar-refractivity contribution in [3.63, 3.8) is 0 Å². The average molecular weight is 314 g/mol. The Morgan fingerprint density at radius 1 is 1.56 bits per heavy atom. The normalized spacial score (nSPS) is 23.0. The van der Waals surface area contributed by atoms with E-state index in [0.717, 1.165) is 10.0 Å². The van der Waals surface area contributed by atoms with Crippen molar-refractivity contribution in [3.05, 3.63) is 34.3 Å². The smallest absolute Gasteiger partial charge is 0.411 e. The molecule has 0 saturated carbocycles. The van der Waals surface area contributed by atoms with Crippen LogP contribution in [0.3, 0.4) is 0 Å². The number of rotatable bonds is 3. The molecule has 18 heavy (non-hydrogen) atoms. The van der Waals surface area contributed by atoms with Crippen molar-refractivity contribution in [1.29, 1.82) is 0 Å². The van der Waals surface area contributed by atoms with Crippen molar-refractivity contribution in [2.45, 2.75) is 19.1 Å². The summed E-state index contributed by atoms with van der Waals surface area (Å²) in [6.07, 6.45) is -0.601. The van der Waals surface area contributed by atoms with E-state index in [-0.39, 0.29) is 6.54 Å². The standard InChI is InChI=1S/C12H12BrNO4/c1-12(10(15)16)7-14(11(17)18-12)6-8-4-2-3-5-9(8)13/h2-5H,6-7H2,1H3,(H,15,16). The lowest BCUT2D eigenvalue weighted by Gasteiger charge is -2.16. The molecule has 1 atom stereocenters. The second kappa shape index (κ2) is 4.61. The van der Waals surface area contributed by atoms with E-state index in [1.165, 1.54) is 11.8 Å². The Labute approximate surface area is 112 Å². The number of amides is 1. The van der Waals surface area contributed by atoms with E-state index in [1.807, 2.05) is 24.3 Å². The molecule has 1 saturated heterocycles. The number of nitrogens with zero attached hydrogens (tertiary/aromatic N) is 1. The summed E-state index contributed by atoms with van der Waals surface area (Å²) >= 11 is 3.39. The highest BCUT2D eigenvalue weighted by molar-refractivity contribution is 9.10. The Morgan fingerprint density at radius 3 is 2.78 bits per heavy atom. The van der Waals surface area contributed by atoms with Crippen LogP contribution in [0, 0.1) is 0 Å². The van der Waals surface area contributed by atoms with Crippen molar-refractivity contribution >= 4 is 28.0 Å². The molecule has 1 heterocycles. The highest BCUT2D eigenvalue weighted by atomic mass is 79.9. The molecule has 0 aromatic heterocycles. The van der Waals surface area contributed by atoms with Gasteiger partial charge in [-0.05, 0) is 18.6 Å². The molecule has 2 rings (SSSR count). The largest absolute Gasteiger partial charge is 0.478 e. The molecule has 0 aliphatic carbocycles. The fraction of sp³-hybridized carbons (Fsp3) is 0.333. The Kier molecular flexibility index (Phi) is 3.30. The number of benzene rings is 1. The van der Waals surface area contributed by atoms with Crippen LogP contribution in [0.25, 0.3) is 0 Å². The lowest BCUT2D eigenvalue weighted by Crippen LogP contribution is -2.39. The van der Waals surface area contributed by atoms with Crippen LogP contribution < -0.4 is 0 Å². The van der Waals surface area contributed by atoms with Gasteiger partial charge in [0.1, 0.15) is 0 Å². The van der Waals surface area contributed by atoms with E-state index in [2.05, 4.69) is 15.9 Å². The van der Waals surface area contributed by atoms with Crippen LogP contribution in [0.2, 0.25) is 0 Å². The fourth-order valence-corrected chi connectivity index (χ4v) is 2.19. The second-order valence-electron chi connectivity index (χ2n) is 4.35. The maximum Gasteiger partial charge on any atom is 0.411 e. The van der Waals surface area contributed by atoms with Crippen molar-refractivity contribution in [2.75, 3.05) is 6.54 Å². The van der Waals surface area contributed by atoms with E-state index in [9.17, 15) is 9.59 Å². The van der Waals surface area contributed by atoms with E-state index >= 15 is 0 Å². The van der Waals surface area contributed by atoms with Crippen LogP contribution >= 0.6 is 15.9 Å². The molecule has 5 nitrogen and oxygen atoms in total. The maximum absolute atomic E-state index is 11.6. The van der Waals surface area contributed by atoms with Gasteiger partial charge in [0.2, 0.25) is 5.60 Å². The van der Waals surface area contributed by atoms with Crippen molar-refractivity contribution < 1.29 is 19.4 Å². The molecule has 0 spiro atoms. The van der Waals surface area contributed by atoms with E-state index < -0.39 is 17.7 Å². The zero-order valence-corrected chi connectivity index (χ0v) is 11.3. The van der Waals surface area contributed by atoms with Crippen molar-refractivity contribution in [2.24, 2.45) is 0 Å². The van der Waals surface area contributed by atoms with Gasteiger partial charge in [0, 0.05) is 4.47 Å². The third kappa shape index (κ3) is 2.33. The number of halogens is 1. The van der Waals surface area contributed by atoms with Crippen LogP contribution in [-0.4, -0.2) is 34.2 Å². The van der Waals surface area contributed by atoms with Gasteiger partial charge in [-0.3, -0.25) is 4.90 Å². The van der Waals surface area contributed by atoms with Gasteiger partial charge in [-0.25, -0.2) is 9.59 Å². The predicted molar refractivity (Wildman–Crippen MR) is 67.1 cm³/mol. The summed E-state index contributed by atoms with van der Waals surface area (Å²) in [6, 6.07) is 7.47. The molecule has 1 N–H and O–H groups in total. The first-order valence-electron chi connectivity index (χ1n) is 5.37. The third-order valence-electron chi connectivity index (χ3n) is 2.83. The molecule has 1 aromatic carbocycles. The Bertz CT molecular complexity index is 505. The number of carbonyl (C=O) groups is 2. The van der Waals surface area contributed by atoms with Gasteiger partial charge < -0.3 is 9.84 Å². The Hall–Kier alpha value is -1.56. The van der Waals surface area contributed by atoms with Gasteiger partial charge in [-0.2, -0.15) is 0 Å². The predicted octanol–water partition coefficient (Wildman–Crippen LogP) is 2.24. The highest BCUT2D eigenvalue weighted by Gasteiger charge is 2.47. The van der Waals surface area contributed by atoms with Gasteiger partial charge >= 0.3 is 12.1 Å². The van der Waals surface area contributed by atoms with Crippen LogP contribution in [0.15, 0.2) is 28.7 Å². The fourth-order valence-electron chi connectivity index (χ4n) is 1.78. The molecular formula is C12H12BrNO4. The first kappa shape index (κ1) is 12.9. The van der Waals surface area contributed by atoms with Crippen molar-refractivity contribution in [1.82, 2.24) is 4.90 Å². The van der Waals surface area contributed by atoms with Crippen LogP contribution in [0.1, 0.15) is 12.5 Å². The van der Waals surface area contributed by atoms with E-state index in [1.54, 1.807) is 0 Å². The van der Waals surface area contributed by atoms with Crippen LogP contribution in [0.5, 0.6) is 0 Å². The Morgan fingerprint density at radius 2 is 2.22 bits per heavy atom. The van der Waals surface area contributed by atoms with Crippen molar-refractivity contribution in [3.8, 4) is 0 Å². The average Bonchev–Trinajstić information content (AvgIpc) is 2.59. The maximum atomic E-state index is 11.6. The minimum Gasteiger partial charge on any atom is -0.478 e. The van der Waals surface area contributed by atoms with Gasteiger partial charge in [0.15, 0.2) is 0 Å². The molecule has 1 fully saturated rings. The molecule has 6 heteroatoms. The first-order valence-corrected chi connectivity index (χ1v) is 6.16. The summed E-state index contributed by atoms with van der Waals surface area (Å²) in [5.74, 6) is -1.13. The summed E-state index contributed by atoms with van der Waals surface area (Å²) in [5.41, 5.74) is -0.553. The zero-order valence-electron chi connectivity index (χ0n) is 9.72. The first-order chi connectivity index (χ1) is 8.42. The third-order valence-corrected chi connectivity index (χ3v) is 3.61. The number of cyclic esters (lactones) is 1. The number of carboxylic acids is 1. The van der Waals surface area contributed by atoms with E-state index in [4.69, 9.17) is 9.84 Å².